The molecule has 0 aromatic heterocycles. The fraction of sp³-hybridized carbons (Fsp3) is 0.857. The van der Waals surface area contributed by atoms with Crippen LogP contribution in [0.25, 0.3) is 0 Å². The first-order chi connectivity index (χ1) is 16.1. The molecule has 3 rings (SSSR count). The Morgan fingerprint density at radius 1 is 1.12 bits per heavy atom. The van der Waals surface area contributed by atoms with Gasteiger partial charge in [-0.25, -0.2) is 0 Å². The summed E-state index contributed by atoms with van der Waals surface area (Å²) in [6.07, 6.45) is 12.7. The van der Waals surface area contributed by atoms with Gasteiger partial charge in [-0.1, -0.05) is 52.9 Å². The first-order valence-electron chi connectivity index (χ1n) is 13.8. The maximum absolute atomic E-state index is 13.8. The van der Waals surface area contributed by atoms with E-state index in [1.165, 1.54) is 32.1 Å². The number of ether oxygens (including phenoxy) is 1. The minimum absolute atomic E-state index is 0.0881. The molecule has 4 N–H and O–H groups in total. The molecule has 6 nitrogen and oxygen atoms in total. The lowest BCUT2D eigenvalue weighted by molar-refractivity contribution is -0.148. The molecule has 6 heteroatoms. The van der Waals surface area contributed by atoms with E-state index in [-0.39, 0.29) is 29.3 Å². The summed E-state index contributed by atoms with van der Waals surface area (Å²) in [4.78, 5) is 26.4. The summed E-state index contributed by atoms with van der Waals surface area (Å²) in [5.41, 5.74) is 7.80. The molecule has 3 aliphatic rings. The number of carbonyl (C=O) groups is 2. The normalized spacial score (nSPS) is 26.1. The first kappa shape index (κ1) is 27.0. The maximum Gasteiger partial charge on any atom is 0.309 e. The lowest BCUT2D eigenvalue weighted by atomic mass is 9.74. The third-order valence-corrected chi connectivity index (χ3v) is 8.71. The molecule has 2 saturated carbocycles. The number of allylic oxidation sites excluding steroid dienone is 1. The highest BCUT2D eigenvalue weighted by atomic mass is 16.5. The van der Waals surface area contributed by atoms with Crippen molar-refractivity contribution < 1.29 is 14.3 Å². The van der Waals surface area contributed by atoms with E-state index in [9.17, 15) is 9.59 Å². The molecule has 194 valence electrons. The molecule has 0 radical (unpaired) electrons. The molecule has 0 bridgehead atoms. The van der Waals surface area contributed by atoms with Crippen molar-refractivity contribution in [2.75, 3.05) is 6.61 Å². The topological polar surface area (TPSA) is 93.4 Å². The first-order valence-corrected chi connectivity index (χ1v) is 13.8. The molecule has 1 amide bonds. The Labute approximate surface area is 207 Å². The Balaban J connectivity index is 1.86. The van der Waals surface area contributed by atoms with Crippen molar-refractivity contribution in [1.29, 1.82) is 0 Å². The van der Waals surface area contributed by atoms with Gasteiger partial charge < -0.3 is 21.1 Å². The molecule has 0 aromatic carbocycles. The van der Waals surface area contributed by atoms with Crippen LogP contribution in [0.15, 0.2) is 11.3 Å². The molecule has 0 spiro atoms. The number of carbonyl (C=O) groups excluding carboxylic acids is 2. The van der Waals surface area contributed by atoms with Crippen molar-refractivity contribution in [2.24, 2.45) is 23.0 Å². The number of hydrogen-bond acceptors (Lipinski definition) is 5. The van der Waals surface area contributed by atoms with Gasteiger partial charge >= 0.3 is 5.97 Å². The number of hydrogen-bond donors (Lipinski definition) is 3. The van der Waals surface area contributed by atoms with Crippen molar-refractivity contribution in [2.45, 2.75) is 129 Å². The van der Waals surface area contributed by atoms with Gasteiger partial charge in [-0.2, -0.15) is 0 Å². The van der Waals surface area contributed by atoms with Crippen LogP contribution in [-0.2, 0) is 14.3 Å². The lowest BCUT2D eigenvalue weighted by Gasteiger charge is -2.41. The highest BCUT2D eigenvalue weighted by molar-refractivity contribution is 5.90. The van der Waals surface area contributed by atoms with Crippen LogP contribution in [0.1, 0.15) is 112 Å². The fourth-order valence-corrected chi connectivity index (χ4v) is 6.65. The van der Waals surface area contributed by atoms with Crippen molar-refractivity contribution in [3.05, 3.63) is 11.3 Å². The molecule has 34 heavy (non-hydrogen) atoms. The summed E-state index contributed by atoms with van der Waals surface area (Å²) < 4.78 is 5.34. The third kappa shape index (κ3) is 6.16. The molecule has 0 aromatic rings. The number of nitrogens with one attached hydrogen (secondary N) is 2. The number of nitrogens with two attached hydrogens (primary N) is 1. The standard InChI is InChI=1S/C28H49N3O3/c1-6-34-25(32)20-14-15-23(30-21-12-8-7-9-13-21)22(18-20)28(5,29)26(33)31-24(19(2)3)27(4)16-10-11-17-27/h19-21,24,30H,6-18,29H2,1-5H3,(H,31,33). The van der Waals surface area contributed by atoms with Gasteiger partial charge in [0, 0.05) is 17.8 Å². The predicted molar refractivity (Wildman–Crippen MR) is 137 cm³/mol. The Morgan fingerprint density at radius 2 is 1.76 bits per heavy atom. The second-order valence-electron chi connectivity index (χ2n) is 11.9. The molecule has 2 fully saturated rings. The third-order valence-electron chi connectivity index (χ3n) is 8.71. The van der Waals surface area contributed by atoms with Gasteiger partial charge in [0.25, 0.3) is 0 Å². The Bertz CT molecular complexity index is 746. The second-order valence-corrected chi connectivity index (χ2v) is 11.9. The number of rotatable bonds is 9. The predicted octanol–water partition coefficient (Wildman–Crippen LogP) is 4.96. The van der Waals surface area contributed by atoms with Crippen LogP contribution in [0, 0.1) is 17.3 Å². The zero-order valence-electron chi connectivity index (χ0n) is 22.3. The van der Waals surface area contributed by atoms with Crippen LogP contribution in [0.2, 0.25) is 0 Å². The largest absolute Gasteiger partial charge is 0.466 e. The molecular weight excluding hydrogens is 426 g/mol. The van der Waals surface area contributed by atoms with Crippen molar-refractivity contribution in [3.63, 3.8) is 0 Å². The van der Waals surface area contributed by atoms with Gasteiger partial charge in [0.15, 0.2) is 0 Å². The second kappa shape index (κ2) is 11.5. The minimum Gasteiger partial charge on any atom is -0.466 e. The van der Waals surface area contributed by atoms with E-state index in [4.69, 9.17) is 10.5 Å². The van der Waals surface area contributed by atoms with Gasteiger partial charge in [0.2, 0.25) is 5.91 Å². The minimum atomic E-state index is -1.18. The van der Waals surface area contributed by atoms with E-state index in [0.717, 1.165) is 49.8 Å². The van der Waals surface area contributed by atoms with Crippen LogP contribution in [0.5, 0.6) is 0 Å². The summed E-state index contributed by atoms with van der Waals surface area (Å²) in [6, 6.07) is 0.516. The zero-order chi connectivity index (χ0) is 24.9. The zero-order valence-corrected chi connectivity index (χ0v) is 22.3. The van der Waals surface area contributed by atoms with Gasteiger partial charge in [0.1, 0.15) is 5.54 Å². The van der Waals surface area contributed by atoms with E-state index in [0.29, 0.717) is 25.0 Å². The van der Waals surface area contributed by atoms with Crippen molar-refractivity contribution in [1.82, 2.24) is 10.6 Å². The monoisotopic (exact) mass is 475 g/mol. The summed E-state index contributed by atoms with van der Waals surface area (Å²) >= 11 is 0. The Hall–Kier alpha value is -1.56. The van der Waals surface area contributed by atoms with Crippen molar-refractivity contribution in [3.8, 4) is 0 Å². The highest BCUT2D eigenvalue weighted by Crippen LogP contribution is 2.43. The smallest absolute Gasteiger partial charge is 0.309 e. The quantitative estimate of drug-likeness (QED) is 0.410. The fourth-order valence-electron chi connectivity index (χ4n) is 6.65. The van der Waals surface area contributed by atoms with Crippen molar-refractivity contribution >= 4 is 11.9 Å². The highest BCUT2D eigenvalue weighted by Gasteiger charge is 2.44. The van der Waals surface area contributed by atoms with Gasteiger partial charge in [-0.3, -0.25) is 9.59 Å². The number of amides is 1. The molecule has 3 aliphatic carbocycles. The van der Waals surface area contributed by atoms with Gasteiger partial charge in [-0.05, 0) is 75.7 Å². The maximum atomic E-state index is 13.8. The van der Waals surface area contributed by atoms with Crippen LogP contribution >= 0.6 is 0 Å². The summed E-state index contributed by atoms with van der Waals surface area (Å²) in [5, 5.41) is 7.15. The van der Waals surface area contributed by atoms with Gasteiger partial charge in [0.05, 0.1) is 12.5 Å². The lowest BCUT2D eigenvalue weighted by Crippen LogP contribution is -2.60. The van der Waals surface area contributed by atoms with Crippen LogP contribution in [-0.4, -0.2) is 36.1 Å². The molecular formula is C28H49N3O3. The van der Waals surface area contributed by atoms with Crippen LogP contribution in [0.4, 0.5) is 0 Å². The molecule has 3 atom stereocenters. The van der Waals surface area contributed by atoms with E-state index in [1.54, 1.807) is 0 Å². The molecule has 0 aliphatic heterocycles. The molecule has 0 saturated heterocycles. The number of esters is 1. The molecule has 3 unspecified atom stereocenters. The molecule has 0 heterocycles. The van der Waals surface area contributed by atoms with E-state index < -0.39 is 5.54 Å². The summed E-state index contributed by atoms with van der Waals surface area (Å²) in [6.45, 7) is 10.7. The van der Waals surface area contributed by atoms with E-state index >= 15 is 0 Å². The van der Waals surface area contributed by atoms with Crippen LogP contribution in [0.3, 0.4) is 0 Å². The average Bonchev–Trinajstić information content (AvgIpc) is 3.25. The van der Waals surface area contributed by atoms with Gasteiger partial charge in [-0.15, -0.1) is 0 Å². The Morgan fingerprint density at radius 3 is 2.35 bits per heavy atom. The summed E-state index contributed by atoms with van der Waals surface area (Å²) in [7, 11) is 0. The average molecular weight is 476 g/mol. The van der Waals surface area contributed by atoms with E-state index in [2.05, 4.69) is 31.4 Å². The Kier molecular flexibility index (Phi) is 9.10. The van der Waals surface area contributed by atoms with E-state index in [1.807, 2.05) is 13.8 Å². The van der Waals surface area contributed by atoms with Crippen LogP contribution < -0.4 is 16.4 Å². The SMILES string of the molecule is CCOC(=O)C1CCC(NC2CCCCC2)=C(C(C)(N)C(=O)NC(C(C)C)C2(C)CCCC2)C1. The summed E-state index contributed by atoms with van der Waals surface area (Å²) in [5.74, 6) is -0.209.